The summed E-state index contributed by atoms with van der Waals surface area (Å²) in [6.45, 7) is 13.3. The Balaban J connectivity index is 2.46. The number of rotatable bonds is 5. The van der Waals surface area contributed by atoms with Gasteiger partial charge in [-0.15, -0.1) is 0 Å². The van der Waals surface area contributed by atoms with Crippen LogP contribution in [0.1, 0.15) is 47.5 Å². The number of ether oxygens (including phenoxy) is 1. The highest BCUT2D eigenvalue weighted by Gasteiger charge is 2.28. The molecule has 1 rings (SSSR count). The molecule has 0 unspecified atom stereocenters. The summed E-state index contributed by atoms with van der Waals surface area (Å²) in [5.74, 6) is 0.686. The molecule has 0 saturated carbocycles. The summed E-state index contributed by atoms with van der Waals surface area (Å²) < 4.78 is 5.57. The molecule has 1 aliphatic heterocycles. The standard InChI is InChI=1S/C15H30N2O2/c1-11(2)8-13(15(3,4)5)17-14(18)9-12-10-16-6-7-19-12/h11-13,16H,6-10H2,1-5H3,(H,17,18)/t12-,13-/m0/s1. The Morgan fingerprint density at radius 1 is 1.42 bits per heavy atom. The first-order valence-corrected chi connectivity index (χ1v) is 7.40. The fraction of sp³-hybridized carbons (Fsp3) is 0.933. The van der Waals surface area contributed by atoms with E-state index in [1.54, 1.807) is 0 Å². The largest absolute Gasteiger partial charge is 0.375 e. The Morgan fingerprint density at radius 2 is 2.11 bits per heavy atom. The molecule has 0 bridgehead atoms. The Hall–Kier alpha value is -0.610. The van der Waals surface area contributed by atoms with Crippen LogP contribution in [0.2, 0.25) is 0 Å². The van der Waals surface area contributed by atoms with Crippen LogP contribution in [0.3, 0.4) is 0 Å². The maximum Gasteiger partial charge on any atom is 0.222 e. The van der Waals surface area contributed by atoms with E-state index in [1.165, 1.54) is 0 Å². The van der Waals surface area contributed by atoms with E-state index in [2.05, 4.69) is 45.3 Å². The smallest absolute Gasteiger partial charge is 0.222 e. The number of nitrogens with one attached hydrogen (secondary N) is 2. The SMILES string of the molecule is CC(C)C[C@H](NC(=O)C[C@H]1CNCCO1)C(C)(C)C. The van der Waals surface area contributed by atoms with Crippen molar-refractivity contribution in [3.05, 3.63) is 0 Å². The van der Waals surface area contributed by atoms with Crippen molar-refractivity contribution < 1.29 is 9.53 Å². The summed E-state index contributed by atoms with van der Waals surface area (Å²) in [6, 6.07) is 0.219. The summed E-state index contributed by atoms with van der Waals surface area (Å²) in [5, 5.41) is 6.44. The zero-order valence-electron chi connectivity index (χ0n) is 13.1. The minimum Gasteiger partial charge on any atom is -0.375 e. The second-order valence-electron chi connectivity index (χ2n) is 7.02. The molecule has 0 aliphatic carbocycles. The van der Waals surface area contributed by atoms with Gasteiger partial charge in [0, 0.05) is 19.1 Å². The first-order chi connectivity index (χ1) is 8.79. The van der Waals surface area contributed by atoms with Crippen LogP contribution in [0.15, 0.2) is 0 Å². The van der Waals surface area contributed by atoms with Crippen molar-refractivity contribution >= 4 is 5.91 Å². The zero-order chi connectivity index (χ0) is 14.5. The predicted octanol–water partition coefficient (Wildman–Crippen LogP) is 1.94. The van der Waals surface area contributed by atoms with Gasteiger partial charge in [0.05, 0.1) is 19.1 Å². The number of hydrogen-bond acceptors (Lipinski definition) is 3. The van der Waals surface area contributed by atoms with Crippen LogP contribution in [0.4, 0.5) is 0 Å². The molecule has 1 saturated heterocycles. The normalized spacial score (nSPS) is 22.3. The molecule has 19 heavy (non-hydrogen) atoms. The van der Waals surface area contributed by atoms with E-state index in [0.29, 0.717) is 18.9 Å². The van der Waals surface area contributed by atoms with Gasteiger partial charge in [-0.1, -0.05) is 34.6 Å². The quantitative estimate of drug-likeness (QED) is 0.803. The molecule has 2 atom stereocenters. The molecule has 1 amide bonds. The number of carbonyl (C=O) groups is 1. The third-order valence-corrected chi connectivity index (χ3v) is 3.51. The molecule has 4 nitrogen and oxygen atoms in total. The highest BCUT2D eigenvalue weighted by Crippen LogP contribution is 2.24. The van der Waals surface area contributed by atoms with Crippen molar-refractivity contribution in [2.45, 2.75) is 59.6 Å². The molecule has 0 aromatic carbocycles. The molecule has 0 spiro atoms. The number of amides is 1. The number of carbonyl (C=O) groups excluding carboxylic acids is 1. The van der Waals surface area contributed by atoms with E-state index in [9.17, 15) is 4.79 Å². The van der Waals surface area contributed by atoms with Crippen LogP contribution in [-0.2, 0) is 9.53 Å². The lowest BCUT2D eigenvalue weighted by Crippen LogP contribution is -2.47. The van der Waals surface area contributed by atoms with Crippen LogP contribution in [0, 0.1) is 11.3 Å². The van der Waals surface area contributed by atoms with E-state index in [-0.39, 0.29) is 23.5 Å². The van der Waals surface area contributed by atoms with Crippen molar-refractivity contribution in [3.8, 4) is 0 Å². The molecule has 1 heterocycles. The lowest BCUT2D eigenvalue weighted by Gasteiger charge is -2.33. The second-order valence-corrected chi connectivity index (χ2v) is 7.02. The molecule has 0 radical (unpaired) electrons. The number of hydrogen-bond donors (Lipinski definition) is 2. The molecule has 1 aliphatic rings. The van der Waals surface area contributed by atoms with E-state index >= 15 is 0 Å². The molecule has 112 valence electrons. The fourth-order valence-electron chi connectivity index (χ4n) is 2.31. The Kier molecular flexibility index (Phi) is 6.27. The maximum atomic E-state index is 12.1. The van der Waals surface area contributed by atoms with Gasteiger partial charge in [0.25, 0.3) is 0 Å². The molecule has 4 heteroatoms. The minimum absolute atomic E-state index is 0.0217. The van der Waals surface area contributed by atoms with Gasteiger partial charge in [0.2, 0.25) is 5.91 Å². The van der Waals surface area contributed by atoms with Crippen LogP contribution in [0.5, 0.6) is 0 Å². The monoisotopic (exact) mass is 270 g/mol. The van der Waals surface area contributed by atoms with Gasteiger partial charge < -0.3 is 15.4 Å². The molecule has 2 N–H and O–H groups in total. The van der Waals surface area contributed by atoms with Crippen molar-refractivity contribution in [3.63, 3.8) is 0 Å². The Bertz CT molecular complexity index is 278. The highest BCUT2D eigenvalue weighted by atomic mass is 16.5. The Morgan fingerprint density at radius 3 is 2.58 bits per heavy atom. The predicted molar refractivity (Wildman–Crippen MR) is 78.1 cm³/mol. The third-order valence-electron chi connectivity index (χ3n) is 3.51. The zero-order valence-corrected chi connectivity index (χ0v) is 13.1. The highest BCUT2D eigenvalue weighted by molar-refractivity contribution is 5.76. The fourth-order valence-corrected chi connectivity index (χ4v) is 2.31. The van der Waals surface area contributed by atoms with Crippen molar-refractivity contribution in [1.29, 1.82) is 0 Å². The van der Waals surface area contributed by atoms with Gasteiger partial charge in [0.1, 0.15) is 0 Å². The second kappa shape index (κ2) is 7.25. The lowest BCUT2D eigenvalue weighted by atomic mass is 9.82. The van der Waals surface area contributed by atoms with Crippen molar-refractivity contribution in [1.82, 2.24) is 10.6 Å². The molecule has 1 fully saturated rings. The topological polar surface area (TPSA) is 50.4 Å². The van der Waals surface area contributed by atoms with Gasteiger partial charge >= 0.3 is 0 Å². The lowest BCUT2D eigenvalue weighted by molar-refractivity contribution is -0.126. The first-order valence-electron chi connectivity index (χ1n) is 7.40. The van der Waals surface area contributed by atoms with Crippen molar-refractivity contribution in [2.24, 2.45) is 11.3 Å². The van der Waals surface area contributed by atoms with E-state index in [4.69, 9.17) is 4.74 Å². The van der Waals surface area contributed by atoms with Gasteiger partial charge in [-0.3, -0.25) is 4.79 Å². The molecule has 0 aromatic rings. The average Bonchev–Trinajstić information content (AvgIpc) is 2.27. The maximum absolute atomic E-state index is 12.1. The summed E-state index contributed by atoms with van der Waals surface area (Å²) in [5.41, 5.74) is 0.0889. The first kappa shape index (κ1) is 16.4. The summed E-state index contributed by atoms with van der Waals surface area (Å²) in [6.07, 6.45) is 1.49. The van der Waals surface area contributed by atoms with Crippen LogP contribution in [-0.4, -0.2) is 37.7 Å². The average molecular weight is 270 g/mol. The van der Waals surface area contributed by atoms with E-state index in [1.807, 2.05) is 0 Å². The summed E-state index contributed by atoms with van der Waals surface area (Å²) >= 11 is 0. The van der Waals surface area contributed by atoms with Crippen LogP contribution >= 0.6 is 0 Å². The van der Waals surface area contributed by atoms with Crippen LogP contribution < -0.4 is 10.6 Å². The summed E-state index contributed by atoms with van der Waals surface area (Å²) in [7, 11) is 0. The Labute approximate surface area is 117 Å². The van der Waals surface area contributed by atoms with E-state index in [0.717, 1.165) is 19.5 Å². The number of morpholine rings is 1. The minimum atomic E-state index is 0.0217. The van der Waals surface area contributed by atoms with Gasteiger partial charge in [0.15, 0.2) is 0 Å². The van der Waals surface area contributed by atoms with Crippen molar-refractivity contribution in [2.75, 3.05) is 19.7 Å². The molecule has 0 aromatic heterocycles. The third kappa shape index (κ3) is 6.39. The summed E-state index contributed by atoms with van der Waals surface area (Å²) in [4.78, 5) is 12.1. The molecular weight excluding hydrogens is 240 g/mol. The van der Waals surface area contributed by atoms with Gasteiger partial charge in [-0.25, -0.2) is 0 Å². The van der Waals surface area contributed by atoms with Gasteiger partial charge in [-0.2, -0.15) is 0 Å². The van der Waals surface area contributed by atoms with E-state index < -0.39 is 0 Å². The molecular formula is C15H30N2O2. The van der Waals surface area contributed by atoms with Crippen LogP contribution in [0.25, 0.3) is 0 Å². The van der Waals surface area contributed by atoms with Gasteiger partial charge in [-0.05, 0) is 17.8 Å².